The van der Waals surface area contributed by atoms with Crippen molar-refractivity contribution in [2.45, 2.75) is 4.90 Å². The normalized spacial score (nSPS) is 11.0. The Kier molecular flexibility index (Phi) is 6.18. The Balaban J connectivity index is 1.84. The largest absolute Gasteiger partial charge is 0.465 e. The Bertz CT molecular complexity index is 1170. The molecule has 0 saturated carbocycles. The highest BCUT2D eigenvalue weighted by Gasteiger charge is 2.28. The smallest absolute Gasteiger partial charge is 0.337 e. The number of amides is 1. The summed E-state index contributed by atoms with van der Waals surface area (Å²) in [6, 6.07) is 12.3. The van der Waals surface area contributed by atoms with Crippen LogP contribution in [0.4, 0.5) is 15.8 Å². The minimum atomic E-state index is -4.05. The minimum Gasteiger partial charge on any atom is -0.465 e. The number of rotatable bonds is 6. The number of ether oxygens (including phenoxy) is 1. The summed E-state index contributed by atoms with van der Waals surface area (Å²) < 4.78 is 44.8. The van der Waals surface area contributed by atoms with Gasteiger partial charge in [0.05, 0.1) is 18.4 Å². The Morgan fingerprint density at radius 3 is 2.27 bits per heavy atom. The second kappa shape index (κ2) is 8.64. The van der Waals surface area contributed by atoms with Crippen molar-refractivity contribution in [3.05, 3.63) is 76.2 Å². The Morgan fingerprint density at radius 2 is 1.67 bits per heavy atom. The second-order valence-electron chi connectivity index (χ2n) is 6.09. The number of anilines is 2. The predicted octanol–water partition coefficient (Wildman–Crippen LogP) is 3.75. The zero-order valence-electron chi connectivity index (χ0n) is 16.0. The van der Waals surface area contributed by atoms with Crippen molar-refractivity contribution in [2.75, 3.05) is 23.8 Å². The highest BCUT2D eigenvalue weighted by Crippen LogP contribution is 2.28. The van der Waals surface area contributed by atoms with Crippen LogP contribution in [0, 0.1) is 5.82 Å². The van der Waals surface area contributed by atoms with Crippen LogP contribution in [-0.4, -0.2) is 34.5 Å². The molecule has 1 amide bonds. The standard InChI is InChI=1S/C20H17FN2O5S2/c1-23(16-9-5-14(21)6-10-16)30(26,27)17-11-12-29-18(17)19(24)22-15-7-3-13(4-8-15)20(25)28-2/h3-12H,1-2H3,(H,22,24). The number of hydrogen-bond acceptors (Lipinski definition) is 6. The molecule has 0 aliphatic carbocycles. The molecule has 3 rings (SSSR count). The van der Waals surface area contributed by atoms with Crippen LogP contribution in [0.5, 0.6) is 0 Å². The van der Waals surface area contributed by atoms with Gasteiger partial charge in [-0.1, -0.05) is 0 Å². The van der Waals surface area contributed by atoms with Gasteiger partial charge in [0.2, 0.25) is 0 Å². The lowest BCUT2D eigenvalue weighted by molar-refractivity contribution is 0.0600. The van der Waals surface area contributed by atoms with Gasteiger partial charge in [0.15, 0.2) is 0 Å². The van der Waals surface area contributed by atoms with E-state index in [2.05, 4.69) is 10.1 Å². The van der Waals surface area contributed by atoms with E-state index in [1.165, 1.54) is 62.0 Å². The van der Waals surface area contributed by atoms with Crippen LogP contribution in [0.15, 0.2) is 64.9 Å². The van der Waals surface area contributed by atoms with Gasteiger partial charge in [0.25, 0.3) is 15.9 Å². The number of nitrogens with one attached hydrogen (secondary N) is 1. The van der Waals surface area contributed by atoms with E-state index in [1.807, 2.05) is 0 Å². The number of sulfonamides is 1. The van der Waals surface area contributed by atoms with E-state index in [-0.39, 0.29) is 15.5 Å². The van der Waals surface area contributed by atoms with Crippen LogP contribution in [-0.2, 0) is 14.8 Å². The van der Waals surface area contributed by atoms with Crippen LogP contribution in [0.2, 0.25) is 0 Å². The van der Waals surface area contributed by atoms with Gasteiger partial charge in [-0.3, -0.25) is 9.10 Å². The number of carbonyl (C=O) groups is 2. The van der Waals surface area contributed by atoms with Crippen molar-refractivity contribution in [3.8, 4) is 0 Å². The molecule has 0 fully saturated rings. The average molecular weight is 448 g/mol. The Morgan fingerprint density at radius 1 is 1.03 bits per heavy atom. The molecule has 1 aromatic heterocycles. The van der Waals surface area contributed by atoms with E-state index >= 15 is 0 Å². The third kappa shape index (κ3) is 4.34. The monoisotopic (exact) mass is 448 g/mol. The zero-order chi connectivity index (χ0) is 21.9. The molecule has 30 heavy (non-hydrogen) atoms. The van der Waals surface area contributed by atoms with E-state index in [1.54, 1.807) is 0 Å². The van der Waals surface area contributed by atoms with Crippen molar-refractivity contribution < 1.29 is 27.1 Å². The number of nitrogens with zero attached hydrogens (tertiary/aromatic N) is 1. The number of esters is 1. The molecule has 1 N–H and O–H groups in total. The quantitative estimate of drug-likeness (QED) is 0.580. The summed E-state index contributed by atoms with van der Waals surface area (Å²) >= 11 is 0.978. The van der Waals surface area contributed by atoms with Crippen molar-refractivity contribution in [2.24, 2.45) is 0 Å². The Labute approximate surface area is 176 Å². The maximum Gasteiger partial charge on any atom is 0.337 e. The molecule has 0 radical (unpaired) electrons. The molecule has 0 unspecified atom stereocenters. The number of carbonyl (C=O) groups excluding carboxylic acids is 2. The van der Waals surface area contributed by atoms with Gasteiger partial charge in [-0.2, -0.15) is 0 Å². The van der Waals surface area contributed by atoms with Gasteiger partial charge in [0.1, 0.15) is 15.6 Å². The van der Waals surface area contributed by atoms with Crippen LogP contribution in [0.1, 0.15) is 20.0 Å². The first-order chi connectivity index (χ1) is 14.2. The van der Waals surface area contributed by atoms with Crippen LogP contribution in [0.25, 0.3) is 0 Å². The average Bonchev–Trinajstić information content (AvgIpc) is 3.25. The first-order valence-corrected chi connectivity index (χ1v) is 10.9. The molecule has 3 aromatic rings. The van der Waals surface area contributed by atoms with E-state index in [4.69, 9.17) is 0 Å². The maximum absolute atomic E-state index is 13.1. The first kappa shape index (κ1) is 21.5. The molecule has 7 nitrogen and oxygen atoms in total. The summed E-state index contributed by atoms with van der Waals surface area (Å²) in [6.45, 7) is 0. The third-order valence-corrected chi connectivity index (χ3v) is 7.10. The lowest BCUT2D eigenvalue weighted by Crippen LogP contribution is -2.28. The fraction of sp³-hybridized carbons (Fsp3) is 0.100. The molecule has 10 heteroatoms. The molecule has 156 valence electrons. The second-order valence-corrected chi connectivity index (χ2v) is 8.94. The molecule has 0 spiro atoms. The van der Waals surface area contributed by atoms with Gasteiger partial charge in [-0.15, -0.1) is 11.3 Å². The summed E-state index contributed by atoms with van der Waals surface area (Å²) in [5, 5.41) is 4.11. The summed E-state index contributed by atoms with van der Waals surface area (Å²) in [7, 11) is -1.46. The predicted molar refractivity (Wildman–Crippen MR) is 112 cm³/mol. The SMILES string of the molecule is COC(=O)c1ccc(NC(=O)c2sccc2S(=O)(=O)N(C)c2ccc(F)cc2)cc1. The van der Waals surface area contributed by atoms with Gasteiger partial charge in [-0.05, 0) is 60.0 Å². The number of benzene rings is 2. The molecular weight excluding hydrogens is 431 g/mol. The van der Waals surface area contributed by atoms with Crippen LogP contribution < -0.4 is 9.62 Å². The third-order valence-electron chi connectivity index (χ3n) is 4.23. The number of halogens is 1. The van der Waals surface area contributed by atoms with E-state index in [9.17, 15) is 22.4 Å². The summed E-state index contributed by atoms with van der Waals surface area (Å²) in [6.07, 6.45) is 0. The molecule has 0 aliphatic rings. The first-order valence-electron chi connectivity index (χ1n) is 8.56. The minimum absolute atomic E-state index is 0.000932. The lowest BCUT2D eigenvalue weighted by Gasteiger charge is -2.19. The van der Waals surface area contributed by atoms with Crippen molar-refractivity contribution in [1.29, 1.82) is 0 Å². The van der Waals surface area contributed by atoms with Crippen molar-refractivity contribution >= 4 is 44.6 Å². The summed E-state index contributed by atoms with van der Waals surface area (Å²) in [5.74, 6) is -1.61. The van der Waals surface area contributed by atoms with E-state index in [0.29, 0.717) is 11.3 Å². The zero-order valence-corrected chi connectivity index (χ0v) is 17.6. The molecule has 2 aromatic carbocycles. The molecule has 0 bridgehead atoms. The lowest BCUT2D eigenvalue weighted by atomic mass is 10.2. The van der Waals surface area contributed by atoms with Gasteiger partial charge in [0, 0.05) is 12.7 Å². The maximum atomic E-state index is 13.1. The highest BCUT2D eigenvalue weighted by molar-refractivity contribution is 7.93. The van der Waals surface area contributed by atoms with E-state index in [0.717, 1.165) is 27.8 Å². The van der Waals surface area contributed by atoms with Gasteiger partial charge >= 0.3 is 5.97 Å². The molecule has 0 aliphatic heterocycles. The highest BCUT2D eigenvalue weighted by atomic mass is 32.2. The van der Waals surface area contributed by atoms with Crippen LogP contribution >= 0.6 is 11.3 Å². The summed E-state index contributed by atoms with van der Waals surface area (Å²) in [4.78, 5) is 24.0. The molecule has 0 saturated heterocycles. The fourth-order valence-corrected chi connectivity index (χ4v) is 5.09. The summed E-state index contributed by atoms with van der Waals surface area (Å²) in [5.41, 5.74) is 0.958. The molecular formula is C20H17FN2O5S2. The van der Waals surface area contributed by atoms with Crippen molar-refractivity contribution in [1.82, 2.24) is 0 Å². The Hall–Kier alpha value is -3.24. The number of thiophene rings is 1. The number of hydrogen-bond donors (Lipinski definition) is 1. The molecule has 1 heterocycles. The molecule has 0 atom stereocenters. The van der Waals surface area contributed by atoms with Crippen molar-refractivity contribution in [3.63, 3.8) is 0 Å². The topological polar surface area (TPSA) is 92.8 Å². The van der Waals surface area contributed by atoms with E-state index < -0.39 is 27.7 Å². The number of methoxy groups -OCH3 is 1. The van der Waals surface area contributed by atoms with Crippen LogP contribution in [0.3, 0.4) is 0 Å². The van der Waals surface area contributed by atoms with Gasteiger partial charge < -0.3 is 10.1 Å². The fourth-order valence-electron chi connectivity index (χ4n) is 2.60. The van der Waals surface area contributed by atoms with Gasteiger partial charge in [-0.25, -0.2) is 17.6 Å².